The Hall–Kier alpha value is -2.56. The summed E-state index contributed by atoms with van der Waals surface area (Å²) >= 11 is 0. The second-order valence-corrected chi connectivity index (χ2v) is 6.04. The van der Waals surface area contributed by atoms with Gasteiger partial charge in [-0.2, -0.15) is 0 Å². The first kappa shape index (κ1) is 19.8. The van der Waals surface area contributed by atoms with Crippen molar-refractivity contribution < 1.29 is 4.74 Å². The van der Waals surface area contributed by atoms with E-state index in [0.717, 1.165) is 61.9 Å². The Bertz CT molecular complexity index is 658. The van der Waals surface area contributed by atoms with Crippen LogP contribution in [0.4, 0.5) is 0 Å². The van der Waals surface area contributed by atoms with E-state index in [-0.39, 0.29) is 0 Å². The largest absolute Gasteiger partial charge is 0.494 e. The summed E-state index contributed by atoms with van der Waals surface area (Å²) in [6.07, 6.45) is 4.91. The fourth-order valence-electron chi connectivity index (χ4n) is 2.44. The number of hydrogen-bond donors (Lipinski definition) is 2. The summed E-state index contributed by atoms with van der Waals surface area (Å²) in [5.74, 6) is 1.74. The Morgan fingerprint density at radius 1 is 1.12 bits per heavy atom. The molecule has 0 unspecified atom stereocenters. The van der Waals surface area contributed by atoms with E-state index < -0.39 is 0 Å². The monoisotopic (exact) mass is 354 g/mol. The molecule has 0 atom stereocenters. The summed E-state index contributed by atoms with van der Waals surface area (Å²) in [6.45, 7) is 7.24. The van der Waals surface area contributed by atoms with E-state index in [0.29, 0.717) is 6.54 Å². The van der Waals surface area contributed by atoms with Crippen LogP contribution in [-0.4, -0.2) is 30.6 Å². The summed E-state index contributed by atoms with van der Waals surface area (Å²) in [7, 11) is 0. The van der Waals surface area contributed by atoms with E-state index >= 15 is 0 Å². The summed E-state index contributed by atoms with van der Waals surface area (Å²) in [5.41, 5.74) is 2.22. The molecule has 1 heterocycles. The zero-order valence-electron chi connectivity index (χ0n) is 15.9. The van der Waals surface area contributed by atoms with Crippen LogP contribution in [0.3, 0.4) is 0 Å². The highest BCUT2D eigenvalue weighted by molar-refractivity contribution is 5.79. The van der Waals surface area contributed by atoms with Gasteiger partial charge in [0.05, 0.1) is 13.2 Å². The second-order valence-electron chi connectivity index (χ2n) is 6.04. The number of guanidine groups is 1. The first-order valence-electron chi connectivity index (χ1n) is 9.45. The van der Waals surface area contributed by atoms with Crippen LogP contribution >= 0.6 is 0 Å². The van der Waals surface area contributed by atoms with Crippen LogP contribution in [0.5, 0.6) is 5.75 Å². The first-order chi connectivity index (χ1) is 12.8. The summed E-state index contributed by atoms with van der Waals surface area (Å²) < 4.78 is 5.77. The zero-order chi connectivity index (χ0) is 18.5. The fraction of sp³-hybridized carbons (Fsp3) is 0.429. The number of nitrogens with one attached hydrogen (secondary N) is 2. The quantitative estimate of drug-likeness (QED) is 0.389. The second kappa shape index (κ2) is 11.9. The van der Waals surface area contributed by atoms with Crippen LogP contribution in [0.2, 0.25) is 0 Å². The van der Waals surface area contributed by atoms with Gasteiger partial charge in [-0.1, -0.05) is 31.5 Å². The van der Waals surface area contributed by atoms with Crippen LogP contribution in [0.15, 0.2) is 53.7 Å². The van der Waals surface area contributed by atoms with Crippen molar-refractivity contribution in [2.75, 3.05) is 19.7 Å². The minimum Gasteiger partial charge on any atom is -0.494 e. The lowest BCUT2D eigenvalue weighted by Gasteiger charge is -2.11. The molecule has 0 spiro atoms. The molecule has 0 radical (unpaired) electrons. The van der Waals surface area contributed by atoms with Gasteiger partial charge in [0.1, 0.15) is 5.75 Å². The molecule has 0 aliphatic heterocycles. The van der Waals surface area contributed by atoms with Crippen molar-refractivity contribution in [2.24, 2.45) is 4.99 Å². The highest BCUT2D eigenvalue weighted by Crippen LogP contribution is 2.14. The van der Waals surface area contributed by atoms with Crippen molar-refractivity contribution in [1.82, 2.24) is 15.6 Å². The molecular formula is C21H30N4O. The molecule has 5 nitrogen and oxygen atoms in total. The van der Waals surface area contributed by atoms with Crippen molar-refractivity contribution in [3.63, 3.8) is 0 Å². The summed E-state index contributed by atoms with van der Waals surface area (Å²) in [5, 5.41) is 6.65. The molecule has 0 bridgehead atoms. The van der Waals surface area contributed by atoms with E-state index in [1.807, 2.05) is 36.5 Å². The zero-order valence-corrected chi connectivity index (χ0v) is 15.9. The number of aliphatic imine (C=N–C) groups is 1. The molecule has 2 aromatic rings. The molecule has 0 saturated heterocycles. The van der Waals surface area contributed by atoms with Crippen molar-refractivity contribution in [2.45, 2.75) is 39.7 Å². The smallest absolute Gasteiger partial charge is 0.191 e. The lowest BCUT2D eigenvalue weighted by Crippen LogP contribution is -2.38. The van der Waals surface area contributed by atoms with Gasteiger partial charge in [0.15, 0.2) is 5.96 Å². The van der Waals surface area contributed by atoms with Crippen LogP contribution in [-0.2, 0) is 13.0 Å². The molecule has 0 aliphatic carbocycles. The van der Waals surface area contributed by atoms with Crippen molar-refractivity contribution in [3.05, 3.63) is 59.9 Å². The van der Waals surface area contributed by atoms with E-state index in [1.54, 1.807) is 0 Å². The molecule has 1 aromatic carbocycles. The van der Waals surface area contributed by atoms with E-state index in [4.69, 9.17) is 4.74 Å². The van der Waals surface area contributed by atoms with E-state index in [2.05, 4.69) is 46.6 Å². The maximum absolute atomic E-state index is 5.77. The van der Waals surface area contributed by atoms with E-state index in [1.165, 1.54) is 0 Å². The molecular weight excluding hydrogens is 324 g/mol. The molecule has 0 amide bonds. The molecule has 2 rings (SSSR count). The molecule has 0 fully saturated rings. The Morgan fingerprint density at radius 3 is 2.81 bits per heavy atom. The van der Waals surface area contributed by atoms with Gasteiger partial charge in [0.2, 0.25) is 0 Å². The van der Waals surface area contributed by atoms with Crippen molar-refractivity contribution in [3.8, 4) is 5.75 Å². The maximum atomic E-state index is 5.77. The van der Waals surface area contributed by atoms with Gasteiger partial charge in [-0.25, -0.2) is 4.99 Å². The van der Waals surface area contributed by atoms with Crippen molar-refractivity contribution in [1.29, 1.82) is 0 Å². The Labute approximate surface area is 156 Å². The normalized spacial score (nSPS) is 11.2. The molecule has 2 N–H and O–H groups in total. The predicted octanol–water partition coefficient (Wildman–Crippen LogP) is 3.56. The minimum absolute atomic E-state index is 0.615. The molecule has 140 valence electrons. The number of unbranched alkanes of at least 4 members (excludes halogenated alkanes) is 1. The number of ether oxygens (including phenoxy) is 1. The average Bonchev–Trinajstić information content (AvgIpc) is 2.67. The van der Waals surface area contributed by atoms with Gasteiger partial charge in [-0.15, -0.1) is 0 Å². The van der Waals surface area contributed by atoms with Crippen LogP contribution in [0.25, 0.3) is 0 Å². The Morgan fingerprint density at radius 2 is 2.04 bits per heavy atom. The van der Waals surface area contributed by atoms with E-state index in [9.17, 15) is 0 Å². The molecule has 5 heteroatoms. The van der Waals surface area contributed by atoms with Crippen LogP contribution < -0.4 is 15.4 Å². The number of nitrogens with zero attached hydrogens (tertiary/aromatic N) is 2. The molecule has 1 aromatic heterocycles. The molecule has 26 heavy (non-hydrogen) atoms. The number of pyridine rings is 1. The predicted molar refractivity (Wildman–Crippen MR) is 108 cm³/mol. The summed E-state index contributed by atoms with van der Waals surface area (Å²) in [6, 6.07) is 14.1. The first-order valence-corrected chi connectivity index (χ1v) is 9.45. The summed E-state index contributed by atoms with van der Waals surface area (Å²) in [4.78, 5) is 9.01. The Balaban J connectivity index is 1.86. The number of rotatable bonds is 10. The van der Waals surface area contributed by atoms with Gasteiger partial charge >= 0.3 is 0 Å². The highest BCUT2D eigenvalue weighted by atomic mass is 16.5. The standard InChI is InChI=1S/C21H30N4O/c1-3-5-15-26-20-11-8-9-18(16-20)17-25-21(22-4-2)24-14-12-19-10-6-7-13-23-19/h6-11,13,16H,3-5,12,14-15,17H2,1-2H3,(H2,22,24,25). The maximum Gasteiger partial charge on any atom is 0.191 e. The topological polar surface area (TPSA) is 58.5 Å². The highest BCUT2D eigenvalue weighted by Gasteiger charge is 2.00. The minimum atomic E-state index is 0.615. The number of hydrogen-bond acceptors (Lipinski definition) is 3. The van der Waals surface area contributed by atoms with Crippen molar-refractivity contribution >= 4 is 5.96 Å². The third kappa shape index (κ3) is 7.55. The number of benzene rings is 1. The van der Waals surface area contributed by atoms with Gasteiger partial charge in [0, 0.05) is 31.4 Å². The van der Waals surface area contributed by atoms with Gasteiger partial charge in [-0.05, 0) is 43.2 Å². The Kier molecular flexibility index (Phi) is 9.05. The molecule has 0 saturated carbocycles. The van der Waals surface area contributed by atoms with Gasteiger partial charge in [0.25, 0.3) is 0 Å². The lowest BCUT2D eigenvalue weighted by molar-refractivity contribution is 0.309. The third-order valence-electron chi connectivity index (χ3n) is 3.83. The average molecular weight is 354 g/mol. The molecule has 0 aliphatic rings. The number of aromatic nitrogens is 1. The SMILES string of the molecule is CCCCOc1cccc(CN=C(NCC)NCCc2ccccn2)c1. The van der Waals surface area contributed by atoms with Gasteiger partial charge in [-0.3, -0.25) is 4.98 Å². The third-order valence-corrected chi connectivity index (χ3v) is 3.83. The van der Waals surface area contributed by atoms with Crippen LogP contribution in [0.1, 0.15) is 37.9 Å². The van der Waals surface area contributed by atoms with Gasteiger partial charge < -0.3 is 15.4 Å². The fourth-order valence-corrected chi connectivity index (χ4v) is 2.44. The lowest BCUT2D eigenvalue weighted by atomic mass is 10.2. The van der Waals surface area contributed by atoms with Crippen LogP contribution in [0, 0.1) is 0 Å².